The van der Waals surface area contributed by atoms with Gasteiger partial charge in [0.1, 0.15) is 12.3 Å². The summed E-state index contributed by atoms with van der Waals surface area (Å²) >= 11 is 0. The zero-order chi connectivity index (χ0) is 22.2. The van der Waals surface area contributed by atoms with Gasteiger partial charge < -0.3 is 19.3 Å². The highest BCUT2D eigenvalue weighted by atomic mass is 31.2. The molecule has 13 heteroatoms. The Balaban J connectivity index is 1.96. The fourth-order valence-electron chi connectivity index (χ4n) is 3.40. The topological polar surface area (TPSA) is 166 Å². The van der Waals surface area contributed by atoms with E-state index in [1.807, 2.05) is 0 Å². The van der Waals surface area contributed by atoms with E-state index in [1.54, 1.807) is 6.92 Å². The molecule has 2 aromatic heterocycles. The van der Waals surface area contributed by atoms with Crippen LogP contribution in [0.2, 0.25) is 0 Å². The van der Waals surface area contributed by atoms with Crippen LogP contribution in [0.5, 0.6) is 0 Å². The maximum absolute atomic E-state index is 12.4. The Morgan fingerprint density at radius 3 is 2.73 bits per heavy atom. The van der Waals surface area contributed by atoms with E-state index >= 15 is 0 Å². The van der Waals surface area contributed by atoms with Crippen LogP contribution in [-0.4, -0.2) is 54.6 Å². The number of aliphatic hydroxyl groups is 1. The van der Waals surface area contributed by atoms with Crippen LogP contribution in [0.1, 0.15) is 29.5 Å². The van der Waals surface area contributed by atoms with Gasteiger partial charge in [-0.15, -0.1) is 0 Å². The summed E-state index contributed by atoms with van der Waals surface area (Å²) in [4.78, 5) is 51.9. The molecule has 12 nitrogen and oxygen atoms in total. The average Bonchev–Trinajstić information content (AvgIpc) is 3.04. The molecule has 0 aromatic carbocycles. The van der Waals surface area contributed by atoms with Crippen molar-refractivity contribution in [3.63, 3.8) is 0 Å². The van der Waals surface area contributed by atoms with Gasteiger partial charge in [-0.25, -0.2) is 14.6 Å². The highest BCUT2D eigenvalue weighted by Gasteiger charge is 2.39. The molecular weight excluding hydrogens is 419 g/mol. The molecule has 0 radical (unpaired) electrons. The number of nitrogens with one attached hydrogen (secondary N) is 1. The number of aromatic nitrogens is 4. The van der Waals surface area contributed by atoms with Crippen LogP contribution in [0.4, 0.5) is 0 Å². The van der Waals surface area contributed by atoms with Crippen LogP contribution in [0, 0.1) is 6.92 Å². The predicted octanol–water partition coefficient (Wildman–Crippen LogP) is -0.990. The lowest BCUT2D eigenvalue weighted by molar-refractivity contribution is -0.0431. The summed E-state index contributed by atoms with van der Waals surface area (Å²) in [6, 6.07) is 0. The normalized spacial score (nSPS) is 23.4. The number of aryl methyl sites for hydroxylation is 1. The first-order valence-electron chi connectivity index (χ1n) is 9.11. The van der Waals surface area contributed by atoms with Crippen molar-refractivity contribution >= 4 is 7.60 Å². The maximum Gasteiger partial charge on any atom is 0.347 e. The van der Waals surface area contributed by atoms with Gasteiger partial charge in [0.05, 0.1) is 12.7 Å². The summed E-state index contributed by atoms with van der Waals surface area (Å²) in [5.41, 5.74) is -0.372. The molecule has 4 atom stereocenters. The largest absolute Gasteiger partial charge is 0.394 e. The van der Waals surface area contributed by atoms with Crippen molar-refractivity contribution in [3.8, 4) is 0 Å². The summed E-state index contributed by atoms with van der Waals surface area (Å²) in [6.45, 7) is 2.28. The van der Waals surface area contributed by atoms with Gasteiger partial charge in [0.2, 0.25) is 0 Å². The number of H-pyrrole nitrogens is 1. The fraction of sp³-hybridized carbons (Fsp3) is 0.529. The molecule has 1 fully saturated rings. The number of hydrogen-bond donors (Lipinski definition) is 3. The fourth-order valence-corrected chi connectivity index (χ4v) is 4.12. The molecule has 1 saturated heterocycles. The van der Waals surface area contributed by atoms with Gasteiger partial charge in [0.15, 0.2) is 0 Å². The summed E-state index contributed by atoms with van der Waals surface area (Å²) in [7, 11) is -2.31. The van der Waals surface area contributed by atoms with E-state index in [0.29, 0.717) is 11.3 Å². The van der Waals surface area contributed by atoms with Gasteiger partial charge in [-0.3, -0.25) is 23.5 Å². The monoisotopic (exact) mass is 442 g/mol. The van der Waals surface area contributed by atoms with E-state index in [1.165, 1.54) is 24.0 Å². The van der Waals surface area contributed by atoms with E-state index in [4.69, 9.17) is 9.26 Å². The molecule has 0 aliphatic carbocycles. The second kappa shape index (κ2) is 8.40. The van der Waals surface area contributed by atoms with E-state index in [0.717, 1.165) is 11.2 Å². The Labute approximate surface area is 170 Å². The molecule has 3 heterocycles. The number of nitrogens with zero attached hydrogens (tertiary/aromatic N) is 3. The lowest BCUT2D eigenvalue weighted by Gasteiger charge is -2.17. The number of aliphatic hydroxyl groups excluding tert-OH is 1. The minimum absolute atomic E-state index is 0.0157. The Morgan fingerprint density at radius 1 is 1.40 bits per heavy atom. The first-order valence-corrected chi connectivity index (χ1v) is 11.1. The second-order valence-electron chi connectivity index (χ2n) is 7.22. The van der Waals surface area contributed by atoms with Crippen LogP contribution in [0.3, 0.4) is 0 Å². The standard InChI is InChI=1S/C17H23N4O8P/c1-9-6-18-16(24)20(2)11(9)4-10-7-21(17(25)19-15(10)23)14-5-12(13(8-22)28-14)29-30(3,26)27/h6-7,12-14,22H,4-5,8H2,1-3H3,(H,26,27)(H,19,23,25)/t12-,13+,14+/m0/s1. The number of aromatic amines is 1. The third-order valence-corrected chi connectivity index (χ3v) is 5.58. The van der Waals surface area contributed by atoms with Gasteiger partial charge >= 0.3 is 19.0 Å². The maximum atomic E-state index is 12.4. The van der Waals surface area contributed by atoms with Crippen molar-refractivity contribution in [2.45, 2.75) is 38.2 Å². The predicted molar refractivity (Wildman–Crippen MR) is 105 cm³/mol. The van der Waals surface area contributed by atoms with Crippen LogP contribution in [0.25, 0.3) is 0 Å². The molecule has 1 aliphatic heterocycles. The van der Waals surface area contributed by atoms with Gasteiger partial charge in [0, 0.05) is 50.2 Å². The first kappa shape index (κ1) is 22.3. The molecule has 2 aromatic rings. The molecule has 30 heavy (non-hydrogen) atoms. The van der Waals surface area contributed by atoms with E-state index in [-0.39, 0.29) is 18.4 Å². The highest BCUT2D eigenvalue weighted by molar-refractivity contribution is 7.51. The van der Waals surface area contributed by atoms with Crippen molar-refractivity contribution in [2.75, 3.05) is 13.3 Å². The third kappa shape index (κ3) is 4.68. The van der Waals surface area contributed by atoms with Gasteiger partial charge in [-0.1, -0.05) is 0 Å². The Morgan fingerprint density at radius 2 is 2.10 bits per heavy atom. The van der Waals surface area contributed by atoms with Crippen molar-refractivity contribution in [3.05, 3.63) is 60.5 Å². The minimum atomic E-state index is -3.85. The van der Waals surface area contributed by atoms with Crippen LogP contribution < -0.4 is 16.9 Å². The zero-order valence-corrected chi connectivity index (χ0v) is 17.5. The second-order valence-corrected chi connectivity index (χ2v) is 9.04. The molecule has 3 rings (SSSR count). The SMILES string of the molecule is Cc1cnc(=O)n(C)c1Cc1cn([C@H]2C[C@H](OP(C)(=O)O)[C@@H](CO)O2)c(=O)[nH]c1=O. The lowest BCUT2D eigenvalue weighted by atomic mass is 10.1. The Hall–Kier alpha value is -2.37. The first-order chi connectivity index (χ1) is 14.0. The number of hydrogen-bond acceptors (Lipinski definition) is 8. The molecule has 0 amide bonds. The molecule has 0 saturated carbocycles. The summed E-state index contributed by atoms with van der Waals surface area (Å²) in [6.07, 6.45) is 0.0518. The average molecular weight is 442 g/mol. The van der Waals surface area contributed by atoms with Crippen molar-refractivity contribution in [2.24, 2.45) is 7.05 Å². The third-order valence-electron chi connectivity index (χ3n) is 4.92. The van der Waals surface area contributed by atoms with Gasteiger partial charge in [-0.05, 0) is 12.5 Å². The van der Waals surface area contributed by atoms with E-state index in [2.05, 4.69) is 9.97 Å². The van der Waals surface area contributed by atoms with Crippen LogP contribution in [-0.2, 0) is 27.3 Å². The molecule has 164 valence electrons. The minimum Gasteiger partial charge on any atom is -0.394 e. The smallest absolute Gasteiger partial charge is 0.347 e. The van der Waals surface area contributed by atoms with Crippen molar-refractivity contribution < 1.29 is 23.8 Å². The van der Waals surface area contributed by atoms with Crippen LogP contribution in [0.15, 0.2) is 26.8 Å². The molecule has 0 bridgehead atoms. The molecular formula is C17H23N4O8P. The van der Waals surface area contributed by atoms with Crippen molar-refractivity contribution in [1.29, 1.82) is 0 Å². The van der Waals surface area contributed by atoms with Gasteiger partial charge in [-0.2, -0.15) is 0 Å². The Kier molecular flexibility index (Phi) is 6.25. The molecule has 3 N–H and O–H groups in total. The summed E-state index contributed by atoms with van der Waals surface area (Å²) in [5.74, 6) is 0. The summed E-state index contributed by atoms with van der Waals surface area (Å²) < 4.78 is 24.7. The molecule has 0 spiro atoms. The van der Waals surface area contributed by atoms with E-state index in [9.17, 15) is 28.9 Å². The van der Waals surface area contributed by atoms with Gasteiger partial charge in [0.25, 0.3) is 5.56 Å². The zero-order valence-electron chi connectivity index (χ0n) is 16.6. The molecule has 1 unspecified atom stereocenters. The lowest BCUT2D eigenvalue weighted by Crippen LogP contribution is -2.35. The Bertz CT molecular complexity index is 1160. The highest BCUT2D eigenvalue weighted by Crippen LogP contribution is 2.43. The molecule has 1 aliphatic rings. The quantitative estimate of drug-likeness (QED) is 0.476. The van der Waals surface area contributed by atoms with E-state index < -0.39 is 49.6 Å². The van der Waals surface area contributed by atoms with Crippen molar-refractivity contribution in [1.82, 2.24) is 19.1 Å². The number of rotatable bonds is 6. The number of ether oxygens (including phenoxy) is 1. The van der Waals surface area contributed by atoms with Crippen LogP contribution >= 0.6 is 7.60 Å². The summed E-state index contributed by atoms with van der Waals surface area (Å²) in [5, 5.41) is 9.49.